The molecule has 0 radical (unpaired) electrons. The predicted octanol–water partition coefficient (Wildman–Crippen LogP) is 4.25. The molecule has 4 atom stereocenters. The summed E-state index contributed by atoms with van der Waals surface area (Å²) in [5, 5.41) is 0. The number of likely N-dealkylation sites (tertiary alicyclic amines) is 1. The molecular formula is C17H30INO3. The first kappa shape index (κ1) is 18.3. The third kappa shape index (κ3) is 5.25. The number of carbonyl (C=O) groups is 1. The summed E-state index contributed by atoms with van der Waals surface area (Å²) in [6.07, 6.45) is 3.87. The maximum absolute atomic E-state index is 12.2. The fourth-order valence-electron chi connectivity index (χ4n) is 3.57. The Morgan fingerprint density at radius 3 is 2.23 bits per heavy atom. The SMILES string of the molecule is CC1CC(C)CC(OC2CN(C(=O)OC(C)(C)C)CC2I)C1. The van der Waals surface area contributed by atoms with Crippen LogP contribution in [0.5, 0.6) is 0 Å². The summed E-state index contributed by atoms with van der Waals surface area (Å²) in [5.74, 6) is 1.48. The van der Waals surface area contributed by atoms with Gasteiger partial charge >= 0.3 is 6.09 Å². The van der Waals surface area contributed by atoms with Crippen LogP contribution in [0.1, 0.15) is 53.9 Å². The van der Waals surface area contributed by atoms with Gasteiger partial charge in [-0.25, -0.2) is 4.79 Å². The second kappa shape index (κ2) is 7.24. The Kier molecular flexibility index (Phi) is 6.02. The molecule has 128 valence electrons. The molecule has 4 unspecified atom stereocenters. The number of halogens is 1. The fourth-order valence-corrected chi connectivity index (χ4v) is 4.44. The Hall–Kier alpha value is -0.0400. The predicted molar refractivity (Wildman–Crippen MR) is 96.5 cm³/mol. The van der Waals surface area contributed by atoms with Crippen molar-refractivity contribution in [1.82, 2.24) is 4.90 Å². The van der Waals surface area contributed by atoms with Crippen LogP contribution < -0.4 is 0 Å². The zero-order valence-electron chi connectivity index (χ0n) is 14.5. The van der Waals surface area contributed by atoms with Crippen LogP contribution in [0.3, 0.4) is 0 Å². The molecular weight excluding hydrogens is 393 g/mol. The molecule has 1 aliphatic carbocycles. The summed E-state index contributed by atoms with van der Waals surface area (Å²) in [6.45, 7) is 11.7. The zero-order chi connectivity index (χ0) is 16.5. The molecule has 2 rings (SSSR count). The molecule has 0 N–H and O–H groups in total. The van der Waals surface area contributed by atoms with Gasteiger partial charge in [-0.2, -0.15) is 0 Å². The van der Waals surface area contributed by atoms with Gasteiger partial charge in [0, 0.05) is 6.54 Å². The lowest BCUT2D eigenvalue weighted by Gasteiger charge is -2.33. The molecule has 2 aliphatic rings. The summed E-state index contributed by atoms with van der Waals surface area (Å²) in [4.78, 5) is 14.0. The van der Waals surface area contributed by atoms with E-state index in [4.69, 9.17) is 9.47 Å². The van der Waals surface area contributed by atoms with Crippen LogP contribution in [0.15, 0.2) is 0 Å². The van der Waals surface area contributed by atoms with E-state index in [1.54, 1.807) is 4.90 Å². The number of amides is 1. The number of nitrogens with zero attached hydrogens (tertiary/aromatic N) is 1. The third-order valence-corrected chi connectivity index (χ3v) is 5.55. The summed E-state index contributed by atoms with van der Waals surface area (Å²) in [5.41, 5.74) is -0.439. The zero-order valence-corrected chi connectivity index (χ0v) is 16.6. The number of ether oxygens (including phenoxy) is 2. The number of alkyl halides is 1. The van der Waals surface area contributed by atoms with Crippen LogP contribution >= 0.6 is 22.6 Å². The van der Waals surface area contributed by atoms with E-state index in [1.807, 2.05) is 20.8 Å². The third-order valence-electron chi connectivity index (χ3n) is 4.35. The van der Waals surface area contributed by atoms with Gasteiger partial charge in [0.2, 0.25) is 0 Å². The molecule has 22 heavy (non-hydrogen) atoms. The lowest BCUT2D eigenvalue weighted by Crippen LogP contribution is -2.37. The van der Waals surface area contributed by atoms with Gasteiger partial charge < -0.3 is 14.4 Å². The first-order chi connectivity index (χ1) is 10.1. The van der Waals surface area contributed by atoms with Crippen LogP contribution in [-0.4, -0.2) is 45.8 Å². The van der Waals surface area contributed by atoms with E-state index in [-0.39, 0.29) is 12.2 Å². The number of hydrogen-bond acceptors (Lipinski definition) is 3. The van der Waals surface area contributed by atoms with Crippen molar-refractivity contribution in [2.24, 2.45) is 11.8 Å². The van der Waals surface area contributed by atoms with Crippen LogP contribution in [0.25, 0.3) is 0 Å². The Morgan fingerprint density at radius 2 is 1.68 bits per heavy atom. The molecule has 0 aromatic rings. The van der Waals surface area contributed by atoms with Gasteiger partial charge in [0.25, 0.3) is 0 Å². The minimum Gasteiger partial charge on any atom is -0.444 e. The molecule has 1 amide bonds. The summed E-state index contributed by atoms with van der Waals surface area (Å²) >= 11 is 2.41. The van der Waals surface area contributed by atoms with Gasteiger partial charge in [-0.1, -0.05) is 36.4 Å². The highest BCUT2D eigenvalue weighted by Crippen LogP contribution is 2.33. The van der Waals surface area contributed by atoms with Crippen LogP contribution in [0, 0.1) is 11.8 Å². The summed E-state index contributed by atoms with van der Waals surface area (Å²) in [7, 11) is 0. The molecule has 1 saturated heterocycles. The lowest BCUT2D eigenvalue weighted by atomic mass is 9.82. The second-order valence-electron chi connectivity index (χ2n) is 8.12. The Balaban J connectivity index is 1.87. The average molecular weight is 423 g/mol. The van der Waals surface area contributed by atoms with E-state index in [9.17, 15) is 4.79 Å². The molecule has 4 nitrogen and oxygen atoms in total. The standard InChI is InChI=1S/C17H30INO3/c1-11-6-12(2)8-13(7-11)21-15-10-19(9-14(15)18)16(20)22-17(3,4)5/h11-15H,6-10H2,1-5H3. The minimum absolute atomic E-state index is 0.135. The summed E-state index contributed by atoms with van der Waals surface area (Å²) in [6, 6.07) is 0. The van der Waals surface area contributed by atoms with Gasteiger partial charge in [-0.3, -0.25) is 0 Å². The topological polar surface area (TPSA) is 38.8 Å². The van der Waals surface area contributed by atoms with Crippen molar-refractivity contribution >= 4 is 28.7 Å². The molecule has 2 fully saturated rings. The number of rotatable bonds is 2. The van der Waals surface area contributed by atoms with E-state index in [2.05, 4.69) is 36.4 Å². The van der Waals surface area contributed by atoms with Gasteiger partial charge in [0.15, 0.2) is 0 Å². The van der Waals surface area contributed by atoms with Crippen molar-refractivity contribution in [2.45, 2.75) is 75.6 Å². The van der Waals surface area contributed by atoms with E-state index in [1.165, 1.54) is 6.42 Å². The smallest absolute Gasteiger partial charge is 0.410 e. The molecule has 0 bridgehead atoms. The Morgan fingerprint density at radius 1 is 1.09 bits per heavy atom. The van der Waals surface area contributed by atoms with E-state index in [0.29, 0.717) is 16.6 Å². The number of carbonyl (C=O) groups excluding carboxylic acids is 1. The highest BCUT2D eigenvalue weighted by molar-refractivity contribution is 14.1. The average Bonchev–Trinajstić information content (AvgIpc) is 2.67. The lowest BCUT2D eigenvalue weighted by molar-refractivity contribution is -0.0421. The van der Waals surface area contributed by atoms with Gasteiger partial charge in [0.05, 0.1) is 22.7 Å². The largest absolute Gasteiger partial charge is 0.444 e. The molecule has 1 aliphatic heterocycles. The normalized spacial score (nSPS) is 36.5. The van der Waals surface area contributed by atoms with Crippen molar-refractivity contribution in [1.29, 1.82) is 0 Å². The molecule has 5 heteroatoms. The fraction of sp³-hybridized carbons (Fsp3) is 0.941. The maximum atomic E-state index is 12.2. The monoisotopic (exact) mass is 423 g/mol. The Bertz CT molecular complexity index is 386. The maximum Gasteiger partial charge on any atom is 0.410 e. The van der Waals surface area contributed by atoms with Crippen LogP contribution in [-0.2, 0) is 9.47 Å². The minimum atomic E-state index is -0.439. The molecule has 0 aromatic carbocycles. The van der Waals surface area contributed by atoms with Crippen molar-refractivity contribution in [3.05, 3.63) is 0 Å². The number of hydrogen-bond donors (Lipinski definition) is 0. The van der Waals surface area contributed by atoms with Crippen molar-refractivity contribution in [3.63, 3.8) is 0 Å². The van der Waals surface area contributed by atoms with Crippen molar-refractivity contribution in [2.75, 3.05) is 13.1 Å². The second-order valence-corrected chi connectivity index (χ2v) is 9.72. The van der Waals surface area contributed by atoms with Crippen molar-refractivity contribution < 1.29 is 14.3 Å². The van der Waals surface area contributed by atoms with Crippen LogP contribution in [0.4, 0.5) is 4.79 Å². The van der Waals surface area contributed by atoms with Crippen molar-refractivity contribution in [3.8, 4) is 0 Å². The first-order valence-electron chi connectivity index (χ1n) is 8.41. The van der Waals surface area contributed by atoms with Crippen LogP contribution in [0.2, 0.25) is 0 Å². The van der Waals surface area contributed by atoms with E-state index >= 15 is 0 Å². The van der Waals surface area contributed by atoms with Gasteiger partial charge in [-0.15, -0.1) is 0 Å². The highest BCUT2D eigenvalue weighted by Gasteiger charge is 2.38. The van der Waals surface area contributed by atoms with E-state index in [0.717, 1.165) is 31.2 Å². The molecule has 1 saturated carbocycles. The quantitative estimate of drug-likeness (QED) is 0.493. The molecule has 1 heterocycles. The highest BCUT2D eigenvalue weighted by atomic mass is 127. The first-order valence-corrected chi connectivity index (χ1v) is 9.66. The molecule has 0 aromatic heterocycles. The Labute approximate surface area is 148 Å². The molecule has 0 spiro atoms. The summed E-state index contributed by atoms with van der Waals surface area (Å²) < 4.78 is 12.2. The van der Waals surface area contributed by atoms with Gasteiger partial charge in [0.1, 0.15) is 5.60 Å². The van der Waals surface area contributed by atoms with Gasteiger partial charge in [-0.05, 0) is 51.9 Å². The van der Waals surface area contributed by atoms with E-state index < -0.39 is 5.60 Å².